The molecule has 12 nitrogen and oxygen atoms in total. The molecule has 0 aromatic rings. The highest BCUT2D eigenvalue weighted by atomic mass is 16.4. The van der Waals surface area contributed by atoms with Crippen molar-refractivity contribution in [3.8, 4) is 0 Å². The predicted molar refractivity (Wildman–Crippen MR) is 81.8 cm³/mol. The molecule has 0 saturated heterocycles. The van der Waals surface area contributed by atoms with E-state index in [0.717, 1.165) is 0 Å². The van der Waals surface area contributed by atoms with Gasteiger partial charge in [-0.2, -0.15) is 0 Å². The lowest BCUT2D eigenvalue weighted by Crippen LogP contribution is -2.56. The first-order chi connectivity index (χ1) is 11.5. The topological polar surface area (TPSA) is 222 Å². The molecule has 0 aromatic carbocycles. The van der Waals surface area contributed by atoms with Gasteiger partial charge in [-0.15, -0.1) is 0 Å². The van der Waals surface area contributed by atoms with Crippen LogP contribution in [0.2, 0.25) is 0 Å². The summed E-state index contributed by atoms with van der Waals surface area (Å²) in [6.45, 7) is 1.24. The lowest BCUT2D eigenvalue weighted by molar-refractivity contribution is -0.144. The molecule has 9 N–H and O–H groups in total. The van der Waals surface area contributed by atoms with Crippen LogP contribution < -0.4 is 22.1 Å². The Bertz CT molecular complexity index is 536. The average molecular weight is 362 g/mol. The number of carboxylic acids is 2. The van der Waals surface area contributed by atoms with Gasteiger partial charge >= 0.3 is 11.9 Å². The molecule has 0 fully saturated rings. The maximum atomic E-state index is 12.1. The van der Waals surface area contributed by atoms with Crippen LogP contribution in [0.5, 0.6) is 0 Å². The van der Waals surface area contributed by atoms with Gasteiger partial charge in [0.15, 0.2) is 0 Å². The summed E-state index contributed by atoms with van der Waals surface area (Å²) < 4.78 is 0. The summed E-state index contributed by atoms with van der Waals surface area (Å²) in [6.07, 6.45) is -2.78. The van der Waals surface area contributed by atoms with E-state index in [2.05, 4.69) is 5.32 Å². The largest absolute Gasteiger partial charge is 0.481 e. The summed E-state index contributed by atoms with van der Waals surface area (Å²) in [7, 11) is 0. The second kappa shape index (κ2) is 10.2. The van der Waals surface area contributed by atoms with Crippen LogP contribution in [0, 0.1) is 0 Å². The van der Waals surface area contributed by atoms with Crippen LogP contribution >= 0.6 is 0 Å². The second-order valence-corrected chi connectivity index (χ2v) is 5.33. The third-order valence-corrected chi connectivity index (χ3v) is 3.12. The number of carboxylic acid groups (broad SMARTS) is 2. The Kier molecular flexibility index (Phi) is 9.09. The highest BCUT2D eigenvalue weighted by Crippen LogP contribution is 2.02. The van der Waals surface area contributed by atoms with E-state index in [1.807, 2.05) is 5.32 Å². The SMILES string of the molecule is CC(O)C(N)C(=O)NC(CCC(=O)O)C(=O)NC(CC(N)=O)C(=O)O. The molecule has 142 valence electrons. The molecule has 0 rings (SSSR count). The third kappa shape index (κ3) is 8.62. The van der Waals surface area contributed by atoms with Crippen LogP contribution in [0.15, 0.2) is 0 Å². The van der Waals surface area contributed by atoms with Crippen LogP contribution in [0.4, 0.5) is 0 Å². The molecule has 0 aliphatic rings. The van der Waals surface area contributed by atoms with E-state index in [9.17, 15) is 29.1 Å². The summed E-state index contributed by atoms with van der Waals surface area (Å²) in [5.74, 6) is -5.71. The fourth-order valence-corrected chi connectivity index (χ4v) is 1.70. The van der Waals surface area contributed by atoms with Crippen molar-refractivity contribution in [2.24, 2.45) is 11.5 Å². The predicted octanol–water partition coefficient (Wildman–Crippen LogP) is -3.51. The van der Waals surface area contributed by atoms with Crippen LogP contribution in [0.1, 0.15) is 26.2 Å². The van der Waals surface area contributed by atoms with Gasteiger partial charge in [-0.3, -0.25) is 19.2 Å². The Morgan fingerprint density at radius 3 is 1.92 bits per heavy atom. The number of nitrogens with two attached hydrogens (primary N) is 2. The molecule has 0 aliphatic carbocycles. The zero-order valence-corrected chi connectivity index (χ0v) is 13.5. The second-order valence-electron chi connectivity index (χ2n) is 5.33. The molecule has 0 spiro atoms. The fraction of sp³-hybridized carbons (Fsp3) is 0.615. The standard InChI is InChI=1S/C13H22N4O8/c1-5(18)10(15)12(23)16-6(2-3-9(20)21)11(22)17-7(13(24)25)4-8(14)19/h5-7,10,18H,2-4,15H2,1H3,(H2,14,19)(H,16,23)(H,17,22)(H,20,21)(H,24,25). The maximum absolute atomic E-state index is 12.1. The van der Waals surface area contributed by atoms with Gasteiger partial charge in [-0.1, -0.05) is 0 Å². The smallest absolute Gasteiger partial charge is 0.326 e. The van der Waals surface area contributed by atoms with E-state index in [0.29, 0.717) is 0 Å². The van der Waals surface area contributed by atoms with E-state index < -0.39 is 66.7 Å². The van der Waals surface area contributed by atoms with Gasteiger partial charge in [0.25, 0.3) is 0 Å². The normalized spacial score (nSPS) is 15.3. The van der Waals surface area contributed by atoms with Crippen molar-refractivity contribution in [1.82, 2.24) is 10.6 Å². The number of amides is 3. The first-order valence-corrected chi connectivity index (χ1v) is 7.23. The van der Waals surface area contributed by atoms with Gasteiger partial charge in [-0.05, 0) is 13.3 Å². The van der Waals surface area contributed by atoms with E-state index in [-0.39, 0.29) is 6.42 Å². The van der Waals surface area contributed by atoms with Crippen LogP contribution in [0.25, 0.3) is 0 Å². The van der Waals surface area contributed by atoms with Crippen molar-refractivity contribution in [2.75, 3.05) is 0 Å². The molecule has 0 saturated carbocycles. The lowest BCUT2D eigenvalue weighted by Gasteiger charge is -2.23. The number of carbonyl (C=O) groups excluding carboxylic acids is 3. The summed E-state index contributed by atoms with van der Waals surface area (Å²) in [4.78, 5) is 56.5. The quantitative estimate of drug-likeness (QED) is 0.193. The van der Waals surface area contributed by atoms with E-state index in [4.69, 9.17) is 21.7 Å². The van der Waals surface area contributed by atoms with Gasteiger partial charge in [0.1, 0.15) is 18.1 Å². The van der Waals surface area contributed by atoms with Crippen molar-refractivity contribution in [3.63, 3.8) is 0 Å². The number of aliphatic carboxylic acids is 2. The van der Waals surface area contributed by atoms with Gasteiger partial charge in [0.05, 0.1) is 12.5 Å². The maximum Gasteiger partial charge on any atom is 0.326 e. The summed E-state index contributed by atoms with van der Waals surface area (Å²) in [5.41, 5.74) is 10.3. The monoisotopic (exact) mass is 362 g/mol. The van der Waals surface area contributed by atoms with E-state index in [1.54, 1.807) is 0 Å². The zero-order chi connectivity index (χ0) is 19.7. The summed E-state index contributed by atoms with van der Waals surface area (Å²) in [5, 5.41) is 31.1. The van der Waals surface area contributed by atoms with Crippen LogP contribution in [-0.4, -0.2) is 69.2 Å². The first-order valence-electron chi connectivity index (χ1n) is 7.23. The molecular weight excluding hydrogens is 340 g/mol. The minimum atomic E-state index is -1.64. The number of hydrogen-bond acceptors (Lipinski definition) is 7. The molecule has 3 amide bonds. The highest BCUT2D eigenvalue weighted by molar-refractivity contribution is 5.93. The summed E-state index contributed by atoms with van der Waals surface area (Å²) in [6, 6.07) is -4.44. The molecule has 4 atom stereocenters. The van der Waals surface area contributed by atoms with Crippen molar-refractivity contribution in [2.45, 2.75) is 50.4 Å². The van der Waals surface area contributed by atoms with Crippen molar-refractivity contribution < 1.29 is 39.3 Å². The molecule has 0 bridgehead atoms. The number of primary amides is 1. The average Bonchev–Trinajstić information content (AvgIpc) is 2.48. The fourth-order valence-electron chi connectivity index (χ4n) is 1.70. The Balaban J connectivity index is 5.13. The zero-order valence-electron chi connectivity index (χ0n) is 13.5. The van der Waals surface area contributed by atoms with E-state index >= 15 is 0 Å². The number of aliphatic hydroxyl groups excluding tert-OH is 1. The molecule has 4 unspecified atom stereocenters. The molecule has 25 heavy (non-hydrogen) atoms. The molecule has 12 heteroatoms. The molecule has 0 heterocycles. The Morgan fingerprint density at radius 1 is 1.00 bits per heavy atom. The minimum absolute atomic E-state index is 0.359. The highest BCUT2D eigenvalue weighted by Gasteiger charge is 2.30. The van der Waals surface area contributed by atoms with Gasteiger partial charge in [0.2, 0.25) is 17.7 Å². The Labute approximate surface area is 142 Å². The van der Waals surface area contributed by atoms with Crippen LogP contribution in [0.3, 0.4) is 0 Å². The van der Waals surface area contributed by atoms with E-state index in [1.165, 1.54) is 6.92 Å². The summed E-state index contributed by atoms with van der Waals surface area (Å²) >= 11 is 0. The first kappa shape index (κ1) is 22.3. The van der Waals surface area contributed by atoms with Gasteiger partial charge < -0.3 is 37.4 Å². The molecule has 0 radical (unpaired) electrons. The third-order valence-electron chi connectivity index (χ3n) is 3.12. The Morgan fingerprint density at radius 2 is 1.52 bits per heavy atom. The number of nitrogens with one attached hydrogen (secondary N) is 2. The van der Waals surface area contributed by atoms with Crippen molar-refractivity contribution in [3.05, 3.63) is 0 Å². The van der Waals surface area contributed by atoms with Crippen LogP contribution in [-0.2, 0) is 24.0 Å². The van der Waals surface area contributed by atoms with Crippen molar-refractivity contribution in [1.29, 1.82) is 0 Å². The minimum Gasteiger partial charge on any atom is -0.481 e. The molecular formula is C13H22N4O8. The molecule has 0 aromatic heterocycles. The Hall–Kier alpha value is -2.73. The number of carbonyl (C=O) groups is 5. The number of rotatable bonds is 11. The number of aliphatic hydroxyl groups is 1. The van der Waals surface area contributed by atoms with Crippen molar-refractivity contribution >= 4 is 29.7 Å². The van der Waals surface area contributed by atoms with Gasteiger partial charge in [-0.25, -0.2) is 4.79 Å². The lowest BCUT2D eigenvalue weighted by atomic mass is 10.1. The number of hydrogen-bond donors (Lipinski definition) is 7. The van der Waals surface area contributed by atoms with Gasteiger partial charge in [0, 0.05) is 6.42 Å². The molecule has 0 aliphatic heterocycles.